The van der Waals surface area contributed by atoms with Gasteiger partial charge in [-0.1, -0.05) is 30.0 Å². The third kappa shape index (κ3) is 4.97. The molecule has 0 radical (unpaired) electrons. The predicted octanol–water partition coefficient (Wildman–Crippen LogP) is 2.92. The lowest BCUT2D eigenvalue weighted by Gasteiger charge is -2.16. The van der Waals surface area contributed by atoms with Gasteiger partial charge in [0.1, 0.15) is 0 Å². The van der Waals surface area contributed by atoms with Crippen molar-refractivity contribution < 1.29 is 13.2 Å². The molecule has 3 aromatic rings. The Kier molecular flexibility index (Phi) is 6.83. The number of anilines is 1. The van der Waals surface area contributed by atoms with Gasteiger partial charge in [0, 0.05) is 11.7 Å². The first-order valence-electron chi connectivity index (χ1n) is 9.62. The molecule has 1 aromatic heterocycles. The number of sulfonamides is 1. The highest BCUT2D eigenvalue weighted by molar-refractivity contribution is 7.99. The van der Waals surface area contributed by atoms with Gasteiger partial charge < -0.3 is 5.32 Å². The van der Waals surface area contributed by atoms with Crippen molar-refractivity contribution in [3.8, 4) is 0 Å². The van der Waals surface area contributed by atoms with Crippen LogP contribution < -0.4 is 15.6 Å². The average molecular weight is 461 g/mol. The number of nitrogens with one attached hydrogen (secondary N) is 2. The van der Waals surface area contributed by atoms with Crippen LogP contribution in [0.5, 0.6) is 0 Å². The zero-order valence-electron chi connectivity index (χ0n) is 17.7. The van der Waals surface area contributed by atoms with E-state index in [1.807, 2.05) is 19.9 Å². The molecule has 0 saturated carbocycles. The van der Waals surface area contributed by atoms with E-state index in [2.05, 4.69) is 15.0 Å². The van der Waals surface area contributed by atoms with Crippen molar-refractivity contribution in [1.82, 2.24) is 14.3 Å². The van der Waals surface area contributed by atoms with Crippen molar-refractivity contribution in [1.29, 1.82) is 0 Å². The highest BCUT2D eigenvalue weighted by atomic mass is 32.2. The Labute approximate surface area is 185 Å². The molecule has 0 atom stereocenters. The maximum Gasteiger partial charge on any atom is 0.262 e. The van der Waals surface area contributed by atoms with Crippen LogP contribution in [0.15, 0.2) is 57.3 Å². The molecule has 2 N–H and O–H groups in total. The summed E-state index contributed by atoms with van der Waals surface area (Å²) in [6.45, 7) is 5.46. The smallest absolute Gasteiger partial charge is 0.262 e. The molecular formula is C21H24N4O4S2. The second kappa shape index (κ2) is 9.21. The number of rotatable bonds is 7. The van der Waals surface area contributed by atoms with E-state index in [1.54, 1.807) is 41.8 Å². The van der Waals surface area contributed by atoms with Gasteiger partial charge in [-0.15, -0.1) is 0 Å². The van der Waals surface area contributed by atoms with Crippen LogP contribution in [0, 0.1) is 6.92 Å². The van der Waals surface area contributed by atoms with Crippen molar-refractivity contribution in [3.63, 3.8) is 0 Å². The van der Waals surface area contributed by atoms with Crippen LogP contribution in [0.25, 0.3) is 10.9 Å². The van der Waals surface area contributed by atoms with Crippen molar-refractivity contribution in [2.45, 2.75) is 36.9 Å². The second-order valence-corrected chi connectivity index (χ2v) is 10.0. The fraction of sp³-hybridized carbons (Fsp3) is 0.286. The molecule has 0 bridgehead atoms. The second-order valence-electron chi connectivity index (χ2n) is 7.21. The molecule has 0 spiro atoms. The number of para-hydroxylation sites is 1. The van der Waals surface area contributed by atoms with E-state index in [4.69, 9.17) is 0 Å². The number of hydrogen-bond acceptors (Lipinski definition) is 6. The normalized spacial score (nSPS) is 11.8. The maximum absolute atomic E-state index is 12.9. The quantitative estimate of drug-likeness (QED) is 0.414. The van der Waals surface area contributed by atoms with E-state index in [1.165, 1.54) is 13.1 Å². The molecule has 0 unspecified atom stereocenters. The van der Waals surface area contributed by atoms with Gasteiger partial charge in [0.15, 0.2) is 5.16 Å². The molecule has 0 aliphatic heterocycles. The Hall–Kier alpha value is -2.69. The van der Waals surface area contributed by atoms with E-state index in [0.717, 1.165) is 11.8 Å². The van der Waals surface area contributed by atoms with E-state index < -0.39 is 10.0 Å². The lowest BCUT2D eigenvalue weighted by atomic mass is 10.2. The lowest BCUT2D eigenvalue weighted by molar-refractivity contribution is -0.113. The van der Waals surface area contributed by atoms with Crippen LogP contribution in [0.3, 0.4) is 0 Å². The zero-order chi connectivity index (χ0) is 22.8. The first-order chi connectivity index (χ1) is 14.6. The molecule has 2 aromatic carbocycles. The molecule has 3 rings (SSSR count). The largest absolute Gasteiger partial charge is 0.325 e. The molecular weight excluding hydrogens is 436 g/mol. The Morgan fingerprint density at radius 2 is 1.90 bits per heavy atom. The summed E-state index contributed by atoms with van der Waals surface area (Å²) in [6, 6.07) is 11.7. The third-order valence-electron chi connectivity index (χ3n) is 4.65. The Bertz CT molecular complexity index is 1300. The number of nitrogens with zero attached hydrogens (tertiary/aromatic N) is 2. The fourth-order valence-corrected chi connectivity index (χ4v) is 5.01. The standard InChI is InChI=1S/C21H24N4O4S2/c1-13(2)25-20(27)16-7-5-6-8-17(16)24-21(25)30-12-19(26)23-15-10-9-14(3)18(11-15)31(28,29)22-4/h5-11,13,22H,12H2,1-4H3,(H,23,26). The van der Waals surface area contributed by atoms with Gasteiger partial charge in [-0.2, -0.15) is 0 Å². The van der Waals surface area contributed by atoms with Crippen LogP contribution in [0.1, 0.15) is 25.5 Å². The van der Waals surface area contributed by atoms with Gasteiger partial charge >= 0.3 is 0 Å². The maximum atomic E-state index is 12.9. The highest BCUT2D eigenvalue weighted by Gasteiger charge is 2.17. The van der Waals surface area contributed by atoms with Gasteiger partial charge in [-0.3, -0.25) is 14.2 Å². The Morgan fingerprint density at radius 3 is 2.58 bits per heavy atom. The molecule has 31 heavy (non-hydrogen) atoms. The molecule has 0 aliphatic rings. The lowest BCUT2D eigenvalue weighted by Crippen LogP contribution is -2.25. The number of benzene rings is 2. The SMILES string of the molecule is CNS(=O)(=O)c1cc(NC(=O)CSc2nc3ccccc3c(=O)n2C(C)C)ccc1C. The number of carbonyl (C=O) groups excluding carboxylic acids is 1. The van der Waals surface area contributed by atoms with Crippen molar-refractivity contribution >= 4 is 44.3 Å². The summed E-state index contributed by atoms with van der Waals surface area (Å²) < 4.78 is 28.1. The summed E-state index contributed by atoms with van der Waals surface area (Å²) >= 11 is 1.16. The summed E-state index contributed by atoms with van der Waals surface area (Å²) in [4.78, 5) is 30.0. The number of hydrogen-bond donors (Lipinski definition) is 2. The third-order valence-corrected chi connectivity index (χ3v) is 7.16. The van der Waals surface area contributed by atoms with Crippen molar-refractivity contribution in [2.24, 2.45) is 0 Å². The van der Waals surface area contributed by atoms with Gasteiger partial charge in [0.25, 0.3) is 5.56 Å². The van der Waals surface area contributed by atoms with Crippen LogP contribution in [-0.2, 0) is 14.8 Å². The highest BCUT2D eigenvalue weighted by Crippen LogP contribution is 2.23. The van der Waals surface area contributed by atoms with Crippen LogP contribution in [0.2, 0.25) is 0 Å². The topological polar surface area (TPSA) is 110 Å². The minimum Gasteiger partial charge on any atom is -0.325 e. The number of amides is 1. The summed E-state index contributed by atoms with van der Waals surface area (Å²) in [6.07, 6.45) is 0. The first kappa shape index (κ1) is 23.0. The van der Waals surface area contributed by atoms with Gasteiger partial charge in [0.2, 0.25) is 15.9 Å². The molecule has 10 heteroatoms. The van der Waals surface area contributed by atoms with Crippen LogP contribution in [-0.4, -0.2) is 36.7 Å². The summed E-state index contributed by atoms with van der Waals surface area (Å²) in [7, 11) is -2.30. The van der Waals surface area contributed by atoms with Gasteiger partial charge in [0.05, 0.1) is 21.6 Å². The molecule has 0 fully saturated rings. The number of aryl methyl sites for hydroxylation is 1. The number of thioether (sulfide) groups is 1. The number of carbonyl (C=O) groups is 1. The molecule has 8 nitrogen and oxygen atoms in total. The molecule has 0 aliphatic carbocycles. The Balaban J connectivity index is 1.82. The Morgan fingerprint density at radius 1 is 1.19 bits per heavy atom. The zero-order valence-corrected chi connectivity index (χ0v) is 19.3. The van der Waals surface area contributed by atoms with E-state index >= 15 is 0 Å². The minimum absolute atomic E-state index is 0.0134. The fourth-order valence-electron chi connectivity index (χ4n) is 3.09. The first-order valence-corrected chi connectivity index (χ1v) is 12.1. The summed E-state index contributed by atoms with van der Waals surface area (Å²) in [5, 5.41) is 3.69. The number of fused-ring (bicyclic) bond motifs is 1. The van der Waals surface area contributed by atoms with Crippen LogP contribution >= 0.6 is 11.8 Å². The average Bonchev–Trinajstić information content (AvgIpc) is 2.73. The van der Waals surface area contributed by atoms with Crippen molar-refractivity contribution in [3.05, 3.63) is 58.4 Å². The van der Waals surface area contributed by atoms with E-state index in [-0.39, 0.29) is 28.2 Å². The monoisotopic (exact) mass is 460 g/mol. The van der Waals surface area contributed by atoms with Crippen LogP contribution in [0.4, 0.5) is 5.69 Å². The molecule has 1 heterocycles. The predicted molar refractivity (Wildman–Crippen MR) is 123 cm³/mol. The van der Waals surface area contributed by atoms with E-state index in [0.29, 0.717) is 27.3 Å². The number of aromatic nitrogens is 2. The van der Waals surface area contributed by atoms with Gasteiger partial charge in [-0.25, -0.2) is 18.1 Å². The van der Waals surface area contributed by atoms with Crippen molar-refractivity contribution in [2.75, 3.05) is 18.1 Å². The summed E-state index contributed by atoms with van der Waals surface area (Å²) in [5.41, 5.74) is 1.37. The molecule has 164 valence electrons. The molecule has 0 saturated heterocycles. The summed E-state index contributed by atoms with van der Waals surface area (Å²) in [5.74, 6) is -0.321. The molecule has 1 amide bonds. The van der Waals surface area contributed by atoms with E-state index in [9.17, 15) is 18.0 Å². The van der Waals surface area contributed by atoms with Gasteiger partial charge in [-0.05, 0) is 57.6 Å². The minimum atomic E-state index is -3.64.